The van der Waals surface area contributed by atoms with Gasteiger partial charge in [-0.15, -0.1) is 0 Å². The fourth-order valence-electron chi connectivity index (χ4n) is 1.76. The molecule has 1 aromatic rings. The molecule has 2 N–H and O–H groups in total. The van der Waals surface area contributed by atoms with Crippen LogP contribution in [0.5, 0.6) is 0 Å². The highest BCUT2D eigenvalue weighted by molar-refractivity contribution is 5.97. The molecule has 0 bridgehead atoms. The van der Waals surface area contributed by atoms with Crippen LogP contribution >= 0.6 is 0 Å². The van der Waals surface area contributed by atoms with Crippen LogP contribution in [0, 0.1) is 24.5 Å². The van der Waals surface area contributed by atoms with Crippen molar-refractivity contribution in [3.63, 3.8) is 0 Å². The van der Waals surface area contributed by atoms with Gasteiger partial charge in [-0.1, -0.05) is 13.8 Å². The number of carbonyl (C=O) groups excluding carboxylic acids is 1. The summed E-state index contributed by atoms with van der Waals surface area (Å²) in [6.07, 6.45) is 0.225. The molecular weight excluding hydrogens is 268 g/mol. The minimum Gasteiger partial charge on any atom is -0.480 e. The highest BCUT2D eigenvalue weighted by Crippen LogP contribution is 2.15. The van der Waals surface area contributed by atoms with Crippen molar-refractivity contribution in [2.24, 2.45) is 5.92 Å². The van der Waals surface area contributed by atoms with E-state index in [0.29, 0.717) is 6.07 Å². The molecule has 0 unspecified atom stereocenters. The monoisotopic (exact) mass is 285 g/mol. The van der Waals surface area contributed by atoms with Gasteiger partial charge in [0.1, 0.15) is 17.7 Å². The molecule has 1 rings (SSSR count). The molecular formula is C14H17F2NO3. The molecule has 6 heteroatoms. The van der Waals surface area contributed by atoms with Crippen LogP contribution in [0.3, 0.4) is 0 Å². The smallest absolute Gasteiger partial charge is 0.326 e. The van der Waals surface area contributed by atoms with Crippen molar-refractivity contribution < 1.29 is 23.5 Å². The predicted molar refractivity (Wildman–Crippen MR) is 69.4 cm³/mol. The number of carbonyl (C=O) groups is 2. The molecule has 0 aliphatic carbocycles. The predicted octanol–water partition coefficient (Wildman–Crippen LogP) is 2.50. The van der Waals surface area contributed by atoms with Crippen LogP contribution in [-0.2, 0) is 4.79 Å². The Hall–Kier alpha value is -1.98. The fourth-order valence-corrected chi connectivity index (χ4v) is 1.76. The molecule has 0 aliphatic heterocycles. The van der Waals surface area contributed by atoms with Crippen LogP contribution in [-0.4, -0.2) is 23.0 Å². The first-order valence-electron chi connectivity index (χ1n) is 6.21. The zero-order valence-electron chi connectivity index (χ0n) is 11.5. The fraction of sp³-hybridized carbons (Fsp3) is 0.429. The lowest BCUT2D eigenvalue weighted by molar-refractivity contribution is -0.139. The first kappa shape index (κ1) is 16.1. The number of hydrogen-bond acceptors (Lipinski definition) is 2. The van der Waals surface area contributed by atoms with Gasteiger partial charge in [0.05, 0.1) is 5.56 Å². The van der Waals surface area contributed by atoms with Crippen LogP contribution in [0.25, 0.3) is 0 Å². The quantitative estimate of drug-likeness (QED) is 0.873. The van der Waals surface area contributed by atoms with Gasteiger partial charge in [-0.3, -0.25) is 4.79 Å². The Morgan fingerprint density at radius 1 is 1.25 bits per heavy atom. The third kappa shape index (κ3) is 4.01. The van der Waals surface area contributed by atoms with Crippen LogP contribution in [0.15, 0.2) is 12.1 Å². The topological polar surface area (TPSA) is 66.4 Å². The molecule has 1 amide bonds. The largest absolute Gasteiger partial charge is 0.480 e. The second-order valence-corrected chi connectivity index (χ2v) is 5.08. The van der Waals surface area contributed by atoms with Crippen molar-refractivity contribution in [3.8, 4) is 0 Å². The number of hydrogen-bond donors (Lipinski definition) is 2. The minimum atomic E-state index is -1.19. The highest BCUT2D eigenvalue weighted by Gasteiger charge is 2.23. The third-order valence-electron chi connectivity index (χ3n) is 2.80. The normalized spacial score (nSPS) is 12.3. The minimum absolute atomic E-state index is 0.0520. The van der Waals surface area contributed by atoms with E-state index in [9.17, 15) is 18.4 Å². The molecule has 1 aromatic carbocycles. The molecule has 0 saturated heterocycles. The molecule has 0 fully saturated rings. The second-order valence-electron chi connectivity index (χ2n) is 5.08. The van der Waals surface area contributed by atoms with Gasteiger partial charge in [0.2, 0.25) is 0 Å². The van der Waals surface area contributed by atoms with Crippen molar-refractivity contribution in [1.82, 2.24) is 5.32 Å². The van der Waals surface area contributed by atoms with Gasteiger partial charge in [0.25, 0.3) is 5.91 Å². The Labute approximate surface area is 115 Å². The lowest BCUT2D eigenvalue weighted by Gasteiger charge is -2.17. The van der Waals surface area contributed by atoms with Gasteiger partial charge < -0.3 is 10.4 Å². The Kier molecular flexibility index (Phi) is 5.19. The van der Waals surface area contributed by atoms with E-state index in [1.54, 1.807) is 0 Å². The summed E-state index contributed by atoms with van der Waals surface area (Å²) < 4.78 is 26.7. The lowest BCUT2D eigenvalue weighted by atomic mass is 10.0. The van der Waals surface area contributed by atoms with Crippen LogP contribution in [0.4, 0.5) is 8.78 Å². The van der Waals surface area contributed by atoms with Crippen molar-refractivity contribution in [2.75, 3.05) is 0 Å². The molecule has 0 saturated carbocycles. The Morgan fingerprint density at radius 3 is 2.35 bits per heavy atom. The first-order chi connectivity index (χ1) is 9.22. The maximum absolute atomic E-state index is 13.5. The van der Waals surface area contributed by atoms with E-state index in [2.05, 4.69) is 5.32 Å². The number of carboxylic acid groups (broad SMARTS) is 1. The summed E-state index contributed by atoms with van der Waals surface area (Å²) in [5.41, 5.74) is -0.244. The zero-order valence-corrected chi connectivity index (χ0v) is 11.5. The molecule has 0 aromatic heterocycles. The van der Waals surface area contributed by atoms with Gasteiger partial charge >= 0.3 is 5.97 Å². The van der Waals surface area contributed by atoms with Crippen molar-refractivity contribution >= 4 is 11.9 Å². The van der Waals surface area contributed by atoms with Gasteiger partial charge in [0, 0.05) is 6.07 Å². The van der Waals surface area contributed by atoms with E-state index < -0.39 is 29.6 Å². The molecule has 20 heavy (non-hydrogen) atoms. The number of nitrogens with one attached hydrogen (secondary N) is 1. The number of aryl methyl sites for hydroxylation is 1. The highest BCUT2D eigenvalue weighted by atomic mass is 19.1. The molecule has 0 spiro atoms. The number of benzene rings is 1. The molecule has 1 atom stereocenters. The Morgan fingerprint density at radius 2 is 1.85 bits per heavy atom. The summed E-state index contributed by atoms with van der Waals surface area (Å²) >= 11 is 0. The summed E-state index contributed by atoms with van der Waals surface area (Å²) in [7, 11) is 0. The Balaban J connectivity index is 2.95. The van der Waals surface area contributed by atoms with Crippen LogP contribution in [0.1, 0.15) is 36.2 Å². The molecule has 0 radical (unpaired) electrons. The van der Waals surface area contributed by atoms with Crippen molar-refractivity contribution in [1.29, 1.82) is 0 Å². The van der Waals surface area contributed by atoms with E-state index in [-0.39, 0.29) is 23.5 Å². The van der Waals surface area contributed by atoms with Gasteiger partial charge in [-0.05, 0) is 30.9 Å². The first-order valence-corrected chi connectivity index (χ1v) is 6.21. The summed E-state index contributed by atoms with van der Waals surface area (Å²) in [5, 5.41) is 11.3. The maximum atomic E-state index is 13.5. The lowest BCUT2D eigenvalue weighted by Crippen LogP contribution is -2.42. The number of halogens is 2. The summed E-state index contributed by atoms with van der Waals surface area (Å²) in [6, 6.07) is 0.573. The van der Waals surface area contributed by atoms with Gasteiger partial charge in [-0.2, -0.15) is 0 Å². The summed E-state index contributed by atoms with van der Waals surface area (Å²) in [4.78, 5) is 22.9. The van der Waals surface area contributed by atoms with E-state index in [1.807, 2.05) is 13.8 Å². The Bertz CT molecular complexity index is 529. The van der Waals surface area contributed by atoms with E-state index in [1.165, 1.54) is 6.92 Å². The summed E-state index contributed by atoms with van der Waals surface area (Å²) in [5.74, 6) is -3.77. The number of rotatable bonds is 5. The van der Waals surface area contributed by atoms with Crippen LogP contribution < -0.4 is 5.32 Å². The molecule has 110 valence electrons. The van der Waals surface area contributed by atoms with Crippen molar-refractivity contribution in [2.45, 2.75) is 33.2 Å². The van der Waals surface area contributed by atoms with E-state index in [4.69, 9.17) is 5.11 Å². The third-order valence-corrected chi connectivity index (χ3v) is 2.80. The van der Waals surface area contributed by atoms with E-state index >= 15 is 0 Å². The van der Waals surface area contributed by atoms with Gasteiger partial charge in [-0.25, -0.2) is 13.6 Å². The maximum Gasteiger partial charge on any atom is 0.326 e. The van der Waals surface area contributed by atoms with E-state index in [0.717, 1.165) is 6.07 Å². The number of aliphatic carboxylic acids is 1. The second kappa shape index (κ2) is 6.45. The molecule has 0 aliphatic rings. The molecule has 0 heterocycles. The standard InChI is InChI=1S/C14H17F2NO3/c1-7(2)4-12(14(19)20)17-13(18)9-5-8(3)10(15)6-11(9)16/h5-7,12H,4H2,1-3H3,(H,17,18)(H,19,20)/t12-/m1/s1. The zero-order chi connectivity index (χ0) is 15.4. The average Bonchev–Trinajstić information content (AvgIpc) is 2.32. The number of amides is 1. The molecule has 4 nitrogen and oxygen atoms in total. The average molecular weight is 285 g/mol. The van der Waals surface area contributed by atoms with Gasteiger partial charge in [0.15, 0.2) is 0 Å². The van der Waals surface area contributed by atoms with Crippen LogP contribution in [0.2, 0.25) is 0 Å². The summed E-state index contributed by atoms with van der Waals surface area (Å²) in [6.45, 7) is 5.02. The number of carboxylic acids is 1. The van der Waals surface area contributed by atoms with Crippen molar-refractivity contribution in [3.05, 3.63) is 34.9 Å². The SMILES string of the molecule is Cc1cc(C(=O)N[C@H](CC(C)C)C(=O)O)c(F)cc1F.